The zero-order valence-electron chi connectivity index (χ0n) is 29.7. The molecule has 0 unspecified atom stereocenters. The first kappa shape index (κ1) is 46.7. The Morgan fingerprint density at radius 2 is 1.18 bits per heavy atom. The van der Waals surface area contributed by atoms with Gasteiger partial charge in [-0.2, -0.15) is 24.5 Å². The van der Waals surface area contributed by atoms with Crippen molar-refractivity contribution >= 4 is 61.9 Å². The second-order valence-electron chi connectivity index (χ2n) is 12.2. The van der Waals surface area contributed by atoms with Gasteiger partial charge in [-0.15, -0.1) is 47.3 Å². The number of aryl methyl sites for hydroxylation is 1. The molecule has 5 rings (SSSR count). The van der Waals surface area contributed by atoms with E-state index in [-0.39, 0.29) is 207 Å². The van der Waals surface area contributed by atoms with E-state index in [1.807, 2.05) is 41.5 Å². The molecule has 0 aliphatic rings. The molecule has 0 amide bonds. The molecule has 0 spiro atoms. The Morgan fingerprint density at radius 1 is 0.745 bits per heavy atom. The van der Waals surface area contributed by atoms with Crippen LogP contribution in [0.5, 0.6) is 6.01 Å². The van der Waals surface area contributed by atoms with Crippen molar-refractivity contribution in [3.8, 4) is 17.9 Å². The molecule has 0 aliphatic heterocycles. The summed E-state index contributed by atoms with van der Waals surface area (Å²) in [5.74, 6) is -1.65. The third-order valence-electron chi connectivity index (χ3n) is 6.32. The zero-order valence-corrected chi connectivity index (χ0v) is 40.7. The first-order valence-corrected chi connectivity index (χ1v) is 15.9. The minimum Gasteiger partial charge on any atom is -0.844 e. The topological polar surface area (TPSA) is 291 Å². The van der Waals surface area contributed by atoms with E-state index in [1.54, 1.807) is 0 Å². The number of hydrogen-bond donors (Lipinski definition) is 2. The minimum absolute atomic E-state index is 0. The van der Waals surface area contributed by atoms with Gasteiger partial charge in [0, 0.05) is 23.2 Å². The van der Waals surface area contributed by atoms with Gasteiger partial charge in [0.15, 0.2) is 23.0 Å². The van der Waals surface area contributed by atoms with E-state index in [4.69, 9.17) is 11.5 Å². The van der Waals surface area contributed by atoms with Crippen molar-refractivity contribution in [1.82, 2.24) is 54.9 Å². The van der Waals surface area contributed by atoms with E-state index in [9.17, 15) is 15.0 Å². The molecule has 5 heterocycles. The molecule has 0 saturated carbocycles. The van der Waals surface area contributed by atoms with Gasteiger partial charge in [0.2, 0.25) is 0 Å². The first-order valence-electron chi connectivity index (χ1n) is 14.2. The van der Waals surface area contributed by atoms with Crippen LogP contribution in [-0.4, -0.2) is 60.9 Å². The number of aromatic nitrogens is 11. The number of nitrogen functional groups attached to an aromatic ring is 2. The van der Waals surface area contributed by atoms with Crippen molar-refractivity contribution in [2.24, 2.45) is 20.5 Å². The second kappa shape index (κ2) is 19.4. The number of aliphatic carboxylic acids is 1. The number of carboxylic acids is 1. The van der Waals surface area contributed by atoms with E-state index in [2.05, 4.69) is 72.9 Å². The normalized spacial score (nSPS) is 11.8. The summed E-state index contributed by atoms with van der Waals surface area (Å²) in [5, 5.41) is 67.2. The number of azo groups is 2. The number of carbonyl (C=O) groups is 1. The summed E-state index contributed by atoms with van der Waals surface area (Å²) in [6.45, 7) is 15.2. The quantitative estimate of drug-likeness (QED) is 0.0754. The Balaban J connectivity index is 0.00000300. The number of nitrogens with two attached hydrogens (primary N) is 2. The number of hydrogen-bond acceptors (Lipinski definition) is 20. The van der Waals surface area contributed by atoms with Gasteiger partial charge >= 0.3 is 154 Å². The molecule has 0 radical (unpaired) electrons. The Morgan fingerprint density at radius 3 is 1.57 bits per heavy atom. The van der Waals surface area contributed by atoms with Crippen molar-refractivity contribution in [2.75, 3.05) is 11.5 Å². The summed E-state index contributed by atoms with van der Waals surface area (Å²) >= 11 is 2.30. The van der Waals surface area contributed by atoms with Gasteiger partial charge in [-0.25, -0.2) is 9.97 Å². The van der Waals surface area contributed by atoms with Gasteiger partial charge in [0.1, 0.15) is 5.01 Å². The molecular formula is C26H30K3N17O3S2. The maximum atomic E-state index is 12.8. The molecular weight excluding hydrogens is 780 g/mol. The van der Waals surface area contributed by atoms with E-state index in [0.29, 0.717) is 33.0 Å². The van der Waals surface area contributed by atoms with Crippen LogP contribution >= 0.6 is 22.7 Å². The van der Waals surface area contributed by atoms with Crippen LogP contribution in [0.15, 0.2) is 20.5 Å². The second-order valence-corrected chi connectivity index (χ2v) is 14.3. The first-order chi connectivity index (χ1) is 22.5. The fourth-order valence-corrected chi connectivity index (χ4v) is 5.27. The maximum absolute atomic E-state index is 12.8. The predicted molar refractivity (Wildman–Crippen MR) is 170 cm³/mol. The van der Waals surface area contributed by atoms with Crippen LogP contribution in [0.25, 0.3) is 11.9 Å². The Bertz CT molecular complexity index is 2040. The van der Waals surface area contributed by atoms with Crippen LogP contribution in [0.4, 0.5) is 33.3 Å². The summed E-state index contributed by atoms with van der Waals surface area (Å²) in [5.41, 5.74) is 13.1. The molecule has 20 nitrogen and oxygen atoms in total. The van der Waals surface area contributed by atoms with Gasteiger partial charge in [0.05, 0.1) is 22.4 Å². The van der Waals surface area contributed by atoms with Crippen molar-refractivity contribution in [2.45, 2.75) is 71.6 Å². The number of carbonyl (C=O) groups excluding carboxylic acids is 1. The van der Waals surface area contributed by atoms with Gasteiger partial charge in [-0.05, 0) is 6.42 Å². The molecule has 0 bridgehead atoms. The average Bonchev–Trinajstić information content (AvgIpc) is 3.78. The van der Waals surface area contributed by atoms with Crippen molar-refractivity contribution in [3.05, 3.63) is 28.3 Å². The third kappa shape index (κ3) is 11.5. The van der Waals surface area contributed by atoms with Crippen LogP contribution in [0.2, 0.25) is 0 Å². The molecule has 0 aromatic carbocycles. The smallest absolute Gasteiger partial charge is 0.844 e. The number of anilines is 2. The predicted octanol–water partition coefficient (Wildman–Crippen LogP) is -6.32. The fraction of sp³-hybridized carbons (Fsp3) is 0.423. The molecule has 51 heavy (non-hydrogen) atoms. The molecule has 5 aromatic heterocycles. The largest absolute Gasteiger partial charge is 1.00 e. The third-order valence-corrected chi connectivity index (χ3v) is 8.06. The molecule has 4 N–H and O–H groups in total. The monoisotopic (exact) mass is 809 g/mol. The molecule has 0 aliphatic carbocycles. The maximum Gasteiger partial charge on any atom is 1.00 e. The SMILES string of the molecule is [CH2-]Cc1nnc(N=Nc2c(C(C)(C)C)nn(-c3nc([O-])nc(-n4nc(C(C)(C)C)c(N=Nc5nnc(CCC(=O)[O-])s5)c4N)n3)c2N)s1.[K+].[K+].[K+]. The van der Waals surface area contributed by atoms with E-state index in [1.165, 1.54) is 16.0 Å². The minimum atomic E-state index is -1.20. The number of carboxylic acid groups (broad SMARTS) is 1. The summed E-state index contributed by atoms with van der Waals surface area (Å²) in [6.07, 6.45) is 0.400. The Hall–Kier alpha value is -0.471. The van der Waals surface area contributed by atoms with Crippen molar-refractivity contribution < 1.29 is 169 Å². The van der Waals surface area contributed by atoms with Gasteiger partial charge in [-0.1, -0.05) is 64.2 Å². The summed E-state index contributed by atoms with van der Waals surface area (Å²) in [6, 6.07) is -0.909. The Labute approximate surface area is 427 Å². The number of rotatable bonds is 10. The van der Waals surface area contributed by atoms with Crippen LogP contribution < -0.4 is 176 Å². The number of nitrogens with zero attached hydrogens (tertiary/aromatic N) is 15. The van der Waals surface area contributed by atoms with E-state index < -0.39 is 22.8 Å². The molecule has 252 valence electrons. The zero-order chi connectivity index (χ0) is 35.0. The van der Waals surface area contributed by atoms with Gasteiger partial charge < -0.3 is 33.4 Å². The van der Waals surface area contributed by atoms with Crippen LogP contribution in [-0.2, 0) is 28.5 Å². The van der Waals surface area contributed by atoms with Crippen molar-refractivity contribution in [1.29, 1.82) is 0 Å². The van der Waals surface area contributed by atoms with Crippen LogP contribution in [0.3, 0.4) is 0 Å². The standard InChI is InChI=1S/C26H32N17O3S2.3K/c1-8-11-32-36-23(47-11)38-34-14-16(25(2,3)4)40-42(18(14)27)20-29-21(31-22(46)30-20)43-19(28)15(17(41-43)26(5,6)7)35-39-24-37-33-12(48-24)9-10-13(44)45;;;/h1,8-10,27-28H2,2-7H3,(H,44,45)(H,29,30,31,46);;;/q-1;3*+1/p-2. The fourth-order valence-electron chi connectivity index (χ4n) is 4.05. The summed E-state index contributed by atoms with van der Waals surface area (Å²) in [4.78, 5) is 23.1. The summed E-state index contributed by atoms with van der Waals surface area (Å²) in [7, 11) is 0. The van der Waals surface area contributed by atoms with Crippen molar-refractivity contribution in [3.63, 3.8) is 0 Å². The van der Waals surface area contributed by atoms with E-state index >= 15 is 0 Å². The molecule has 0 fully saturated rings. The Kier molecular flexibility index (Phi) is 17.8. The molecule has 5 aromatic rings. The molecule has 0 atom stereocenters. The van der Waals surface area contributed by atoms with Crippen LogP contribution in [0.1, 0.15) is 69.4 Å². The molecule has 0 saturated heterocycles. The average molecular weight is 810 g/mol. The van der Waals surface area contributed by atoms with Gasteiger partial charge in [-0.3, -0.25) is 0 Å². The van der Waals surface area contributed by atoms with Crippen LogP contribution in [0, 0.1) is 6.92 Å². The van der Waals surface area contributed by atoms with Gasteiger partial charge in [0.25, 0.3) is 22.2 Å². The molecule has 25 heteroatoms. The van der Waals surface area contributed by atoms with E-state index in [0.717, 1.165) is 16.0 Å². The summed E-state index contributed by atoms with van der Waals surface area (Å²) < 4.78 is 2.31.